The zero-order chi connectivity index (χ0) is 21.1. The lowest BCUT2D eigenvalue weighted by Crippen LogP contribution is -2.46. The van der Waals surface area contributed by atoms with Crippen LogP contribution >= 0.6 is 0 Å². The highest BCUT2D eigenvalue weighted by Gasteiger charge is 2.31. The Morgan fingerprint density at radius 2 is 1.45 bits per heavy atom. The van der Waals surface area contributed by atoms with Crippen molar-refractivity contribution in [3.05, 3.63) is 59.7 Å². The summed E-state index contributed by atoms with van der Waals surface area (Å²) < 4.78 is 55.1. The van der Waals surface area contributed by atoms with Gasteiger partial charge in [-0.15, -0.1) is 0 Å². The molecule has 6 nitrogen and oxygen atoms in total. The highest BCUT2D eigenvalue weighted by Crippen LogP contribution is 2.22. The van der Waals surface area contributed by atoms with Crippen LogP contribution in [-0.4, -0.2) is 40.3 Å². The summed E-state index contributed by atoms with van der Waals surface area (Å²) in [6.07, 6.45) is 2.81. The zero-order valence-electron chi connectivity index (χ0n) is 16.8. The van der Waals surface area contributed by atoms with E-state index in [4.69, 9.17) is 0 Å². The third kappa shape index (κ3) is 5.25. The summed E-state index contributed by atoms with van der Waals surface area (Å²) in [5.41, 5.74) is 2.11. The Morgan fingerprint density at radius 1 is 0.897 bits per heavy atom. The van der Waals surface area contributed by atoms with Crippen molar-refractivity contribution in [2.75, 3.05) is 13.1 Å². The van der Waals surface area contributed by atoms with Gasteiger partial charge in [-0.25, -0.2) is 21.6 Å². The molecule has 158 valence electrons. The van der Waals surface area contributed by atoms with Gasteiger partial charge in [0.15, 0.2) is 0 Å². The van der Waals surface area contributed by atoms with Gasteiger partial charge in [-0.05, 0) is 56.0 Å². The number of aryl methyl sites for hydroxylation is 2. The van der Waals surface area contributed by atoms with Crippen molar-refractivity contribution in [2.45, 2.75) is 55.4 Å². The van der Waals surface area contributed by atoms with Crippen molar-refractivity contribution >= 4 is 20.0 Å². The monoisotopic (exact) mass is 436 g/mol. The number of piperidine rings is 1. The second kappa shape index (κ2) is 8.95. The molecular weight excluding hydrogens is 408 g/mol. The molecule has 0 bridgehead atoms. The predicted molar refractivity (Wildman–Crippen MR) is 114 cm³/mol. The molecule has 3 rings (SSSR count). The number of hydrogen-bond acceptors (Lipinski definition) is 4. The molecular formula is C21H28N2O4S2. The molecule has 29 heavy (non-hydrogen) atoms. The van der Waals surface area contributed by atoms with Gasteiger partial charge in [-0.1, -0.05) is 43.2 Å². The van der Waals surface area contributed by atoms with Gasteiger partial charge in [-0.2, -0.15) is 4.31 Å². The maximum atomic E-state index is 12.8. The molecule has 0 aromatic heterocycles. The Bertz CT molecular complexity index is 1020. The van der Waals surface area contributed by atoms with Crippen LogP contribution in [-0.2, 0) is 26.5 Å². The summed E-state index contributed by atoms with van der Waals surface area (Å²) in [6.45, 7) is 4.57. The molecule has 0 saturated carbocycles. The molecule has 2 aromatic rings. The molecule has 0 aliphatic carbocycles. The van der Waals surface area contributed by atoms with Crippen molar-refractivity contribution in [2.24, 2.45) is 0 Å². The highest BCUT2D eigenvalue weighted by molar-refractivity contribution is 7.89. The van der Waals surface area contributed by atoms with Crippen LogP contribution < -0.4 is 4.72 Å². The molecule has 0 atom stereocenters. The second-order valence-electron chi connectivity index (χ2n) is 7.51. The van der Waals surface area contributed by atoms with Crippen molar-refractivity contribution < 1.29 is 16.8 Å². The summed E-state index contributed by atoms with van der Waals surface area (Å²) in [5, 5.41) is 0. The number of rotatable bonds is 7. The first-order valence-electron chi connectivity index (χ1n) is 9.90. The van der Waals surface area contributed by atoms with Crippen LogP contribution in [0.15, 0.2) is 58.3 Å². The van der Waals surface area contributed by atoms with Crippen molar-refractivity contribution in [3.8, 4) is 0 Å². The number of nitrogens with zero attached hydrogens (tertiary/aromatic N) is 1. The summed E-state index contributed by atoms with van der Waals surface area (Å²) in [6, 6.07) is 13.4. The van der Waals surface area contributed by atoms with Crippen LogP contribution in [0.3, 0.4) is 0 Å². The second-order valence-corrected chi connectivity index (χ2v) is 11.2. The number of hydrogen-bond donors (Lipinski definition) is 1. The van der Waals surface area contributed by atoms with Gasteiger partial charge >= 0.3 is 0 Å². The van der Waals surface area contributed by atoms with E-state index < -0.39 is 20.0 Å². The van der Waals surface area contributed by atoms with Gasteiger partial charge in [0, 0.05) is 19.1 Å². The first kappa shape index (κ1) is 22.0. The van der Waals surface area contributed by atoms with E-state index in [1.807, 2.05) is 19.1 Å². The van der Waals surface area contributed by atoms with E-state index in [2.05, 4.69) is 11.6 Å². The summed E-state index contributed by atoms with van der Waals surface area (Å²) in [4.78, 5) is 0.515. The van der Waals surface area contributed by atoms with Gasteiger partial charge in [-0.3, -0.25) is 0 Å². The van der Waals surface area contributed by atoms with Gasteiger partial charge in [0.1, 0.15) is 0 Å². The smallest absolute Gasteiger partial charge is 0.208 e. The number of nitrogens with one attached hydrogen (secondary N) is 1. The largest absolute Gasteiger partial charge is 0.243 e. The minimum absolute atomic E-state index is 0.243. The van der Waals surface area contributed by atoms with Gasteiger partial charge in [0.25, 0.3) is 0 Å². The van der Waals surface area contributed by atoms with Crippen LogP contribution in [0.5, 0.6) is 0 Å². The molecule has 1 fully saturated rings. The molecule has 1 aliphatic heterocycles. The minimum Gasteiger partial charge on any atom is -0.208 e. The molecule has 0 spiro atoms. The van der Waals surface area contributed by atoms with Gasteiger partial charge in [0.2, 0.25) is 20.0 Å². The van der Waals surface area contributed by atoms with E-state index in [0.717, 1.165) is 24.0 Å². The lowest BCUT2D eigenvalue weighted by Gasteiger charge is -2.31. The van der Waals surface area contributed by atoms with E-state index in [0.29, 0.717) is 25.9 Å². The molecule has 1 saturated heterocycles. The van der Waals surface area contributed by atoms with E-state index in [1.165, 1.54) is 4.31 Å². The molecule has 8 heteroatoms. The molecule has 0 unspecified atom stereocenters. The molecule has 2 aromatic carbocycles. The SMILES string of the molecule is CCCc1ccc(S(=O)(=O)NC2CCN(S(=O)(=O)c3ccc(C)cc3)CC2)cc1. The quantitative estimate of drug-likeness (QED) is 0.723. The Balaban J connectivity index is 1.62. The fourth-order valence-electron chi connectivity index (χ4n) is 3.48. The van der Waals surface area contributed by atoms with Crippen LogP contribution in [0, 0.1) is 6.92 Å². The molecule has 1 aliphatic rings. The highest BCUT2D eigenvalue weighted by atomic mass is 32.2. The first-order valence-corrected chi connectivity index (χ1v) is 12.8. The zero-order valence-corrected chi connectivity index (χ0v) is 18.5. The average Bonchev–Trinajstić information content (AvgIpc) is 2.69. The minimum atomic E-state index is -3.62. The molecule has 0 radical (unpaired) electrons. The Kier molecular flexibility index (Phi) is 6.78. The fourth-order valence-corrected chi connectivity index (χ4v) is 6.26. The summed E-state index contributed by atoms with van der Waals surface area (Å²) >= 11 is 0. The third-order valence-electron chi connectivity index (χ3n) is 5.21. The summed E-state index contributed by atoms with van der Waals surface area (Å²) in [7, 11) is -7.17. The Morgan fingerprint density at radius 3 is 2.00 bits per heavy atom. The van der Waals surface area contributed by atoms with E-state index in [-0.39, 0.29) is 15.8 Å². The van der Waals surface area contributed by atoms with Gasteiger partial charge < -0.3 is 0 Å². The predicted octanol–water partition coefficient (Wildman–Crippen LogP) is 3.08. The average molecular weight is 437 g/mol. The van der Waals surface area contributed by atoms with E-state index in [9.17, 15) is 16.8 Å². The summed E-state index contributed by atoms with van der Waals surface area (Å²) in [5.74, 6) is 0. The van der Waals surface area contributed by atoms with Crippen molar-refractivity contribution in [3.63, 3.8) is 0 Å². The molecule has 1 N–H and O–H groups in total. The number of sulfonamides is 2. The van der Waals surface area contributed by atoms with Crippen LogP contribution in [0.2, 0.25) is 0 Å². The Hall–Kier alpha value is -1.74. The third-order valence-corrected chi connectivity index (χ3v) is 8.66. The Labute approximate surface area is 174 Å². The topological polar surface area (TPSA) is 83.6 Å². The van der Waals surface area contributed by atoms with Crippen molar-refractivity contribution in [1.29, 1.82) is 0 Å². The molecule has 1 heterocycles. The lowest BCUT2D eigenvalue weighted by molar-refractivity contribution is 0.308. The van der Waals surface area contributed by atoms with Crippen LogP contribution in [0.25, 0.3) is 0 Å². The van der Waals surface area contributed by atoms with Crippen LogP contribution in [0.4, 0.5) is 0 Å². The molecule has 0 amide bonds. The standard InChI is InChI=1S/C21H28N2O4S2/c1-3-4-18-7-11-20(12-8-18)28(24,25)22-19-13-15-23(16-14-19)29(26,27)21-9-5-17(2)6-10-21/h5-12,19,22H,3-4,13-16H2,1-2H3. The normalized spacial score (nSPS) is 16.8. The van der Waals surface area contributed by atoms with E-state index >= 15 is 0 Å². The first-order chi connectivity index (χ1) is 13.7. The van der Waals surface area contributed by atoms with E-state index in [1.54, 1.807) is 36.4 Å². The van der Waals surface area contributed by atoms with Crippen LogP contribution in [0.1, 0.15) is 37.3 Å². The number of benzene rings is 2. The maximum Gasteiger partial charge on any atom is 0.243 e. The lowest BCUT2D eigenvalue weighted by atomic mass is 10.1. The maximum absolute atomic E-state index is 12.8. The fraction of sp³-hybridized carbons (Fsp3) is 0.429. The van der Waals surface area contributed by atoms with Gasteiger partial charge in [0.05, 0.1) is 9.79 Å². The van der Waals surface area contributed by atoms with Crippen molar-refractivity contribution in [1.82, 2.24) is 9.03 Å².